The van der Waals surface area contributed by atoms with Crippen LogP contribution in [-0.4, -0.2) is 32.8 Å². The Hall–Kier alpha value is -4.03. The van der Waals surface area contributed by atoms with Gasteiger partial charge in [0.05, 0.1) is 47.9 Å². The maximum absolute atomic E-state index is 14.3. The quantitative estimate of drug-likeness (QED) is 0.524. The van der Waals surface area contributed by atoms with E-state index in [9.17, 15) is 9.18 Å². The van der Waals surface area contributed by atoms with Gasteiger partial charge in [-0.15, -0.1) is 0 Å². The van der Waals surface area contributed by atoms with Crippen molar-refractivity contribution < 1.29 is 14.0 Å². The van der Waals surface area contributed by atoms with Gasteiger partial charge in [0.15, 0.2) is 0 Å². The van der Waals surface area contributed by atoms with E-state index in [4.69, 9.17) is 15.8 Å². The van der Waals surface area contributed by atoms with Crippen LogP contribution in [0, 0.1) is 17.1 Å². The number of carbonyl (C=O) groups excluding carboxylic acids is 1. The molecule has 0 aliphatic carbocycles. The van der Waals surface area contributed by atoms with Crippen molar-refractivity contribution in [3.05, 3.63) is 65.1 Å². The number of carbonyl (C=O) groups is 1. The largest absolute Gasteiger partial charge is 0.383 e. The summed E-state index contributed by atoms with van der Waals surface area (Å²) in [7, 11) is 3.12. The number of pyridine rings is 1. The lowest BCUT2D eigenvalue weighted by molar-refractivity contribution is -0.102. The van der Waals surface area contributed by atoms with Gasteiger partial charge in [0.25, 0.3) is 5.91 Å². The normalized spacial score (nSPS) is 11.0. The number of benzene rings is 2. The average Bonchev–Trinajstić information content (AvgIpc) is 3.15. The van der Waals surface area contributed by atoms with Crippen LogP contribution in [0.2, 0.25) is 0 Å². The van der Waals surface area contributed by atoms with Gasteiger partial charge in [0.1, 0.15) is 11.6 Å². The summed E-state index contributed by atoms with van der Waals surface area (Å²) in [4.78, 5) is 22.6. The van der Waals surface area contributed by atoms with Crippen LogP contribution in [0.4, 0.5) is 10.2 Å². The Kier molecular flexibility index (Phi) is 4.77. The molecule has 9 heteroatoms. The number of nitrogens with zero attached hydrogens (tertiary/aromatic N) is 5. The van der Waals surface area contributed by atoms with Crippen LogP contribution >= 0.6 is 0 Å². The van der Waals surface area contributed by atoms with Crippen molar-refractivity contribution in [3.8, 4) is 6.07 Å². The molecule has 150 valence electrons. The molecule has 4 aromatic rings. The molecule has 0 atom stereocenters. The number of amides is 1. The smallest absolute Gasteiger partial charge is 0.277 e. The molecule has 2 aromatic heterocycles. The first-order chi connectivity index (χ1) is 14.4. The van der Waals surface area contributed by atoms with E-state index in [1.165, 1.54) is 19.2 Å². The molecule has 0 radical (unpaired) electrons. The summed E-state index contributed by atoms with van der Waals surface area (Å²) in [6, 6.07) is 10.9. The Bertz CT molecular complexity index is 1340. The number of aryl methyl sites for hydroxylation is 1. The van der Waals surface area contributed by atoms with E-state index in [-0.39, 0.29) is 17.7 Å². The van der Waals surface area contributed by atoms with Crippen LogP contribution < -0.4 is 5.73 Å². The predicted octanol–water partition coefficient (Wildman–Crippen LogP) is 2.92. The third kappa shape index (κ3) is 3.19. The summed E-state index contributed by atoms with van der Waals surface area (Å²) in [6.07, 6.45) is 1.63. The second-order valence-electron chi connectivity index (χ2n) is 6.70. The number of aromatic nitrogens is 3. The Balaban J connectivity index is 1.72. The van der Waals surface area contributed by atoms with Gasteiger partial charge in [-0.1, -0.05) is 6.07 Å². The molecular formula is C21H17FN6O2. The topological polar surface area (TPSA) is 110 Å². The zero-order valence-corrected chi connectivity index (χ0v) is 16.3. The van der Waals surface area contributed by atoms with E-state index in [1.54, 1.807) is 36.1 Å². The number of nitrogens with two attached hydrogens (primary N) is 1. The molecule has 30 heavy (non-hydrogen) atoms. The van der Waals surface area contributed by atoms with Crippen molar-refractivity contribution in [2.24, 2.45) is 7.05 Å². The SMILES string of the molecule is CON(Cc1ccc(C#N)cc1F)C(=O)c1ccc2nc(N)c3cnn(C)c3c2c1. The molecular weight excluding hydrogens is 387 g/mol. The van der Waals surface area contributed by atoms with E-state index in [2.05, 4.69) is 10.1 Å². The molecule has 0 unspecified atom stereocenters. The van der Waals surface area contributed by atoms with Gasteiger partial charge in [0, 0.05) is 23.6 Å². The molecule has 0 saturated heterocycles. The van der Waals surface area contributed by atoms with Crippen LogP contribution in [0.5, 0.6) is 0 Å². The van der Waals surface area contributed by atoms with E-state index in [1.807, 2.05) is 6.07 Å². The molecule has 0 saturated carbocycles. The number of nitriles is 1. The zero-order valence-electron chi connectivity index (χ0n) is 16.3. The highest BCUT2D eigenvalue weighted by Crippen LogP contribution is 2.28. The van der Waals surface area contributed by atoms with Gasteiger partial charge >= 0.3 is 0 Å². The molecule has 0 spiro atoms. The highest BCUT2D eigenvalue weighted by atomic mass is 19.1. The summed E-state index contributed by atoms with van der Waals surface area (Å²) in [5.74, 6) is -0.673. The maximum Gasteiger partial charge on any atom is 0.277 e. The van der Waals surface area contributed by atoms with Crippen LogP contribution in [0.25, 0.3) is 21.8 Å². The second kappa shape index (κ2) is 7.42. The minimum atomic E-state index is -0.585. The molecule has 0 bridgehead atoms. The van der Waals surface area contributed by atoms with Crippen LogP contribution in [0.3, 0.4) is 0 Å². The summed E-state index contributed by atoms with van der Waals surface area (Å²) in [5, 5.41) is 15.6. The van der Waals surface area contributed by atoms with Gasteiger partial charge in [-0.2, -0.15) is 10.4 Å². The summed E-state index contributed by atoms with van der Waals surface area (Å²) >= 11 is 0. The number of hydrogen-bond acceptors (Lipinski definition) is 6. The predicted molar refractivity (Wildman–Crippen MR) is 108 cm³/mol. The Morgan fingerprint density at radius 1 is 1.30 bits per heavy atom. The first-order valence-corrected chi connectivity index (χ1v) is 8.98. The van der Waals surface area contributed by atoms with Gasteiger partial charge in [-0.05, 0) is 30.3 Å². The van der Waals surface area contributed by atoms with Crippen molar-refractivity contribution >= 4 is 33.5 Å². The highest BCUT2D eigenvalue weighted by Gasteiger charge is 2.20. The number of fused-ring (bicyclic) bond motifs is 3. The minimum Gasteiger partial charge on any atom is -0.383 e. The van der Waals surface area contributed by atoms with Crippen LogP contribution in [-0.2, 0) is 18.4 Å². The van der Waals surface area contributed by atoms with Gasteiger partial charge in [-0.25, -0.2) is 14.4 Å². The van der Waals surface area contributed by atoms with E-state index >= 15 is 0 Å². The molecule has 2 aromatic carbocycles. The molecule has 0 aliphatic rings. The lowest BCUT2D eigenvalue weighted by atomic mass is 10.1. The fraction of sp³-hybridized carbons (Fsp3) is 0.143. The third-order valence-corrected chi connectivity index (χ3v) is 4.90. The Morgan fingerprint density at radius 2 is 2.10 bits per heavy atom. The lowest BCUT2D eigenvalue weighted by Gasteiger charge is -2.20. The van der Waals surface area contributed by atoms with Crippen molar-refractivity contribution in [1.29, 1.82) is 5.26 Å². The Labute approximate surface area is 170 Å². The van der Waals surface area contributed by atoms with Crippen molar-refractivity contribution in [1.82, 2.24) is 19.8 Å². The van der Waals surface area contributed by atoms with E-state index < -0.39 is 11.7 Å². The minimum absolute atomic E-state index is 0.119. The van der Waals surface area contributed by atoms with E-state index in [0.29, 0.717) is 27.7 Å². The number of hydroxylamine groups is 2. The number of hydrogen-bond donors (Lipinski definition) is 1. The van der Waals surface area contributed by atoms with Crippen LogP contribution in [0.1, 0.15) is 21.5 Å². The summed E-state index contributed by atoms with van der Waals surface area (Å²) < 4.78 is 15.9. The maximum atomic E-state index is 14.3. The van der Waals surface area contributed by atoms with Gasteiger partial charge in [-0.3, -0.25) is 14.3 Å². The molecule has 0 fully saturated rings. The summed E-state index contributed by atoms with van der Waals surface area (Å²) in [6.45, 7) is -0.119. The number of anilines is 1. The fourth-order valence-corrected chi connectivity index (χ4v) is 3.35. The zero-order chi connectivity index (χ0) is 21.4. The number of rotatable bonds is 4. The fourth-order valence-electron chi connectivity index (χ4n) is 3.35. The highest BCUT2D eigenvalue weighted by molar-refractivity contribution is 6.10. The van der Waals surface area contributed by atoms with E-state index in [0.717, 1.165) is 16.6 Å². The molecule has 0 aliphatic heterocycles. The molecule has 4 rings (SSSR count). The Morgan fingerprint density at radius 3 is 2.80 bits per heavy atom. The standard InChI is InChI=1S/C21H17FN6O2/c1-27-19-15-8-13(5-6-18(15)26-20(24)16(19)10-25-27)21(29)28(30-2)11-14-4-3-12(9-23)7-17(14)22/h3-8,10H,11H2,1-2H3,(H2,24,26). The number of nitrogen functional groups attached to an aromatic ring is 1. The summed E-state index contributed by atoms with van der Waals surface area (Å²) in [5.41, 5.74) is 8.17. The lowest BCUT2D eigenvalue weighted by Crippen LogP contribution is -2.29. The van der Waals surface area contributed by atoms with Crippen molar-refractivity contribution in [2.45, 2.75) is 6.54 Å². The molecule has 2 heterocycles. The second-order valence-corrected chi connectivity index (χ2v) is 6.70. The monoisotopic (exact) mass is 404 g/mol. The van der Waals surface area contributed by atoms with Gasteiger partial charge < -0.3 is 5.73 Å². The first kappa shape index (κ1) is 19.3. The van der Waals surface area contributed by atoms with Crippen LogP contribution in [0.15, 0.2) is 42.6 Å². The van der Waals surface area contributed by atoms with Crippen molar-refractivity contribution in [2.75, 3.05) is 12.8 Å². The molecule has 2 N–H and O–H groups in total. The van der Waals surface area contributed by atoms with Crippen molar-refractivity contribution in [3.63, 3.8) is 0 Å². The van der Waals surface area contributed by atoms with Gasteiger partial charge in [0.2, 0.25) is 0 Å². The third-order valence-electron chi connectivity index (χ3n) is 4.90. The number of halogens is 1. The first-order valence-electron chi connectivity index (χ1n) is 8.98. The average molecular weight is 404 g/mol. The molecule has 1 amide bonds. The molecule has 8 nitrogen and oxygen atoms in total.